The van der Waals surface area contributed by atoms with Crippen molar-refractivity contribution in [2.75, 3.05) is 21.2 Å². The van der Waals surface area contributed by atoms with E-state index in [0.29, 0.717) is 0 Å². The highest BCUT2D eigenvalue weighted by atomic mass is 16.6. The first-order valence-corrected chi connectivity index (χ1v) is 7.84. The first-order chi connectivity index (χ1) is 12.4. The average molecular weight is 356 g/mol. The number of nitrogens with zero attached hydrogens (tertiary/aromatic N) is 2. The Morgan fingerprint density at radius 3 is 2.46 bits per heavy atom. The second kappa shape index (κ2) is 8.66. The largest absolute Gasteiger partial charge is 0.491 e. The molecule has 0 aromatic heterocycles. The third-order valence-corrected chi connectivity index (χ3v) is 3.47. The Hall–Kier alpha value is -3.35. The fourth-order valence-corrected chi connectivity index (χ4v) is 2.24. The molecule has 2 aromatic rings. The highest BCUT2D eigenvalue weighted by Gasteiger charge is 2.22. The Morgan fingerprint density at radius 1 is 1.19 bits per heavy atom. The fraction of sp³-hybridized carbons (Fsp3) is 0.211. The molecule has 0 N–H and O–H groups in total. The van der Waals surface area contributed by atoms with Gasteiger partial charge in [0.05, 0.1) is 17.6 Å². The second-order valence-electron chi connectivity index (χ2n) is 5.70. The molecule has 0 heterocycles. The summed E-state index contributed by atoms with van der Waals surface area (Å²) in [5, 5.41) is 11.1. The van der Waals surface area contributed by atoms with Crippen LogP contribution in [0.25, 0.3) is 0 Å². The van der Waals surface area contributed by atoms with E-state index >= 15 is 0 Å². The maximum Gasteiger partial charge on any atom is 0.270 e. The molecule has 26 heavy (non-hydrogen) atoms. The number of nitro benzene ring substituents is 1. The summed E-state index contributed by atoms with van der Waals surface area (Å²) in [5.74, 6) is -0.181. The number of carbonyl (C=O) groups is 1. The molecule has 0 aliphatic rings. The van der Waals surface area contributed by atoms with E-state index in [4.69, 9.17) is 9.47 Å². The maximum absolute atomic E-state index is 12.8. The highest BCUT2D eigenvalue weighted by Crippen LogP contribution is 2.27. The molecule has 0 fully saturated rings. The van der Waals surface area contributed by atoms with E-state index in [1.54, 1.807) is 19.0 Å². The number of ketones is 1. The van der Waals surface area contributed by atoms with Crippen molar-refractivity contribution < 1.29 is 19.2 Å². The Morgan fingerprint density at radius 2 is 1.88 bits per heavy atom. The number of ether oxygens (including phenoxy) is 2. The van der Waals surface area contributed by atoms with Gasteiger partial charge >= 0.3 is 0 Å². The van der Waals surface area contributed by atoms with E-state index in [9.17, 15) is 14.9 Å². The molecule has 0 spiro atoms. The van der Waals surface area contributed by atoms with Crippen LogP contribution in [0.3, 0.4) is 0 Å². The quantitative estimate of drug-likeness (QED) is 0.237. The first-order valence-electron chi connectivity index (χ1n) is 7.84. The smallest absolute Gasteiger partial charge is 0.270 e. The SMILES string of the molecule is COC(=CN(C)C)C(=O)c1cc([N+](=O)[O-])ccc1OCc1ccccc1. The second-order valence-corrected chi connectivity index (χ2v) is 5.70. The van der Waals surface area contributed by atoms with E-state index in [2.05, 4.69) is 0 Å². The lowest BCUT2D eigenvalue weighted by Crippen LogP contribution is -2.13. The molecular formula is C19H20N2O5. The van der Waals surface area contributed by atoms with Crippen LogP contribution >= 0.6 is 0 Å². The average Bonchev–Trinajstić information content (AvgIpc) is 2.64. The molecule has 0 radical (unpaired) electrons. The minimum atomic E-state index is -0.556. The summed E-state index contributed by atoms with van der Waals surface area (Å²) in [6.45, 7) is 0.235. The number of hydrogen-bond acceptors (Lipinski definition) is 6. The van der Waals surface area contributed by atoms with Gasteiger partial charge in [0.25, 0.3) is 5.69 Å². The Labute approximate surface area is 151 Å². The minimum absolute atomic E-state index is 0.0556. The van der Waals surface area contributed by atoms with Crippen molar-refractivity contribution in [1.82, 2.24) is 4.90 Å². The zero-order valence-corrected chi connectivity index (χ0v) is 14.8. The van der Waals surface area contributed by atoms with Gasteiger partial charge in [0.1, 0.15) is 12.4 Å². The maximum atomic E-state index is 12.8. The topological polar surface area (TPSA) is 81.9 Å². The number of Topliss-reactive ketones (excluding diaryl/α,β-unsaturated/α-hetero) is 1. The van der Waals surface area contributed by atoms with Crippen LogP contribution in [-0.4, -0.2) is 36.8 Å². The van der Waals surface area contributed by atoms with Gasteiger partial charge in [-0.15, -0.1) is 0 Å². The molecular weight excluding hydrogens is 336 g/mol. The molecule has 0 aliphatic heterocycles. The van der Waals surface area contributed by atoms with Crippen molar-refractivity contribution in [1.29, 1.82) is 0 Å². The lowest BCUT2D eigenvalue weighted by Gasteiger charge is -2.13. The normalized spacial score (nSPS) is 11.0. The number of carbonyl (C=O) groups excluding carboxylic acids is 1. The molecule has 0 aliphatic carbocycles. The van der Waals surface area contributed by atoms with Crippen LogP contribution in [0.1, 0.15) is 15.9 Å². The molecule has 0 amide bonds. The molecule has 0 saturated carbocycles. The van der Waals surface area contributed by atoms with Gasteiger partial charge in [0, 0.05) is 32.4 Å². The Kier molecular flexibility index (Phi) is 6.32. The number of allylic oxidation sites excluding steroid dienone is 1. The minimum Gasteiger partial charge on any atom is -0.491 e. The fourth-order valence-electron chi connectivity index (χ4n) is 2.24. The standard InChI is InChI=1S/C19H20N2O5/c1-20(2)12-18(25-3)19(22)16-11-15(21(23)24)9-10-17(16)26-13-14-7-5-4-6-8-14/h4-12H,13H2,1-3H3. The van der Waals surface area contributed by atoms with Gasteiger partial charge in [-0.2, -0.15) is 0 Å². The van der Waals surface area contributed by atoms with Crippen LogP contribution in [0, 0.1) is 10.1 Å². The summed E-state index contributed by atoms with van der Waals surface area (Å²) < 4.78 is 10.9. The number of benzene rings is 2. The van der Waals surface area contributed by atoms with Gasteiger partial charge in [0.15, 0.2) is 5.76 Å². The van der Waals surface area contributed by atoms with E-state index in [1.165, 1.54) is 31.5 Å². The molecule has 2 aromatic carbocycles. The number of nitro groups is 1. The van der Waals surface area contributed by atoms with Gasteiger partial charge in [0.2, 0.25) is 5.78 Å². The number of rotatable bonds is 8. The third-order valence-electron chi connectivity index (χ3n) is 3.47. The predicted molar refractivity (Wildman–Crippen MR) is 97.0 cm³/mol. The van der Waals surface area contributed by atoms with Crippen molar-refractivity contribution in [3.05, 3.63) is 81.7 Å². The highest BCUT2D eigenvalue weighted by molar-refractivity contribution is 6.09. The lowest BCUT2D eigenvalue weighted by atomic mass is 10.1. The molecule has 0 saturated heterocycles. The summed E-state index contributed by atoms with van der Waals surface area (Å²) in [4.78, 5) is 25.0. The van der Waals surface area contributed by atoms with Crippen LogP contribution in [0.15, 0.2) is 60.5 Å². The van der Waals surface area contributed by atoms with E-state index in [-0.39, 0.29) is 29.4 Å². The van der Waals surface area contributed by atoms with Crippen LogP contribution < -0.4 is 4.74 Å². The molecule has 136 valence electrons. The van der Waals surface area contributed by atoms with E-state index < -0.39 is 10.7 Å². The zero-order valence-electron chi connectivity index (χ0n) is 14.8. The molecule has 2 rings (SSSR count). The zero-order chi connectivity index (χ0) is 19.1. The van der Waals surface area contributed by atoms with Crippen molar-refractivity contribution in [3.63, 3.8) is 0 Å². The summed E-state index contributed by atoms with van der Waals surface area (Å²) >= 11 is 0. The summed E-state index contributed by atoms with van der Waals surface area (Å²) in [6, 6.07) is 13.4. The van der Waals surface area contributed by atoms with Gasteiger partial charge in [-0.3, -0.25) is 14.9 Å². The Bertz CT molecular complexity index is 816. The summed E-state index contributed by atoms with van der Waals surface area (Å²) in [6.07, 6.45) is 1.50. The first kappa shape index (κ1) is 19.0. The lowest BCUT2D eigenvalue weighted by molar-refractivity contribution is -0.384. The van der Waals surface area contributed by atoms with Gasteiger partial charge < -0.3 is 14.4 Å². The van der Waals surface area contributed by atoms with Crippen LogP contribution in [0.5, 0.6) is 5.75 Å². The van der Waals surface area contributed by atoms with Crippen LogP contribution in [-0.2, 0) is 11.3 Å². The third kappa shape index (κ3) is 4.83. The molecule has 7 heteroatoms. The number of hydrogen-bond donors (Lipinski definition) is 0. The van der Waals surface area contributed by atoms with Gasteiger partial charge in [-0.25, -0.2) is 0 Å². The Balaban J connectivity index is 2.38. The van der Waals surface area contributed by atoms with Crippen molar-refractivity contribution in [2.24, 2.45) is 0 Å². The molecule has 7 nitrogen and oxygen atoms in total. The van der Waals surface area contributed by atoms with Crippen LogP contribution in [0.2, 0.25) is 0 Å². The van der Waals surface area contributed by atoms with Crippen molar-refractivity contribution in [2.45, 2.75) is 6.61 Å². The van der Waals surface area contributed by atoms with E-state index in [0.717, 1.165) is 5.56 Å². The van der Waals surface area contributed by atoms with E-state index in [1.807, 2.05) is 30.3 Å². The van der Waals surface area contributed by atoms with Gasteiger partial charge in [-0.1, -0.05) is 30.3 Å². The van der Waals surface area contributed by atoms with Crippen molar-refractivity contribution >= 4 is 11.5 Å². The monoisotopic (exact) mass is 356 g/mol. The number of non-ortho nitro benzene ring substituents is 1. The van der Waals surface area contributed by atoms with Gasteiger partial charge in [-0.05, 0) is 11.6 Å². The predicted octanol–water partition coefficient (Wildman–Crippen LogP) is 3.41. The van der Waals surface area contributed by atoms with Crippen LogP contribution in [0.4, 0.5) is 5.69 Å². The summed E-state index contributed by atoms with van der Waals surface area (Å²) in [7, 11) is 4.86. The molecule has 0 unspecified atom stereocenters. The summed E-state index contributed by atoms with van der Waals surface area (Å²) in [5.41, 5.74) is 0.797. The van der Waals surface area contributed by atoms with Crippen molar-refractivity contribution in [3.8, 4) is 5.75 Å². The number of methoxy groups -OCH3 is 1. The molecule has 0 bridgehead atoms. The molecule has 0 atom stereocenters.